The summed E-state index contributed by atoms with van der Waals surface area (Å²) in [6.07, 6.45) is 3.56. The van der Waals surface area contributed by atoms with Crippen LogP contribution in [0.5, 0.6) is 0 Å². The fourth-order valence-corrected chi connectivity index (χ4v) is 2.70. The maximum atomic E-state index is 5.53. The van der Waals surface area contributed by atoms with Gasteiger partial charge in [0, 0.05) is 19.0 Å². The average molecular weight is 222 g/mol. The van der Waals surface area contributed by atoms with Gasteiger partial charge in [-0.25, -0.2) is 0 Å². The predicted octanol–water partition coefficient (Wildman–Crippen LogP) is 0.316. The highest BCUT2D eigenvalue weighted by molar-refractivity contribution is 5.09. The van der Waals surface area contributed by atoms with Crippen molar-refractivity contribution in [2.24, 2.45) is 0 Å². The predicted molar refractivity (Wildman–Crippen MR) is 59.4 cm³/mol. The molecule has 0 radical (unpaired) electrons. The van der Waals surface area contributed by atoms with Gasteiger partial charge >= 0.3 is 0 Å². The van der Waals surface area contributed by atoms with Crippen molar-refractivity contribution in [3.63, 3.8) is 0 Å². The average Bonchev–Trinajstić information content (AvgIpc) is 2.94. The van der Waals surface area contributed by atoms with Gasteiger partial charge in [-0.3, -0.25) is 0 Å². The highest BCUT2D eigenvalue weighted by Gasteiger charge is 2.33. The second-order valence-electron chi connectivity index (χ2n) is 4.62. The molecule has 0 amide bonds. The maximum absolute atomic E-state index is 5.53. The topological polar surface area (TPSA) is 52.0 Å². The number of aromatic nitrogens is 3. The Morgan fingerprint density at radius 1 is 1.31 bits per heavy atom. The van der Waals surface area contributed by atoms with Crippen molar-refractivity contribution in [2.45, 2.75) is 37.8 Å². The Hall–Kier alpha value is -0.940. The summed E-state index contributed by atoms with van der Waals surface area (Å²) in [5, 5.41) is 12.0. The fraction of sp³-hybridized carbons (Fsp3) is 0.818. The highest BCUT2D eigenvalue weighted by Crippen LogP contribution is 2.26. The van der Waals surface area contributed by atoms with Crippen LogP contribution in [0.2, 0.25) is 0 Å². The molecule has 1 aromatic heterocycles. The summed E-state index contributed by atoms with van der Waals surface area (Å²) in [7, 11) is 1.99. The molecule has 1 N–H and O–H groups in total. The van der Waals surface area contributed by atoms with E-state index in [1.54, 1.807) is 0 Å². The van der Waals surface area contributed by atoms with Crippen LogP contribution < -0.4 is 5.32 Å². The second-order valence-corrected chi connectivity index (χ2v) is 4.62. The van der Waals surface area contributed by atoms with Crippen molar-refractivity contribution in [2.75, 3.05) is 20.3 Å². The van der Waals surface area contributed by atoms with Gasteiger partial charge in [0.1, 0.15) is 11.6 Å². The summed E-state index contributed by atoms with van der Waals surface area (Å²) >= 11 is 0. The molecule has 1 fully saturated rings. The molecule has 5 heteroatoms. The van der Waals surface area contributed by atoms with E-state index < -0.39 is 0 Å². The number of hydrogen-bond acceptors (Lipinski definition) is 4. The molecule has 2 atom stereocenters. The maximum Gasteiger partial charge on any atom is 0.140 e. The van der Waals surface area contributed by atoms with Crippen LogP contribution in [-0.2, 0) is 17.7 Å². The molecule has 0 aromatic carbocycles. The molecule has 5 nitrogen and oxygen atoms in total. The number of aryl methyl sites for hydroxylation is 1. The molecule has 1 aromatic rings. The molecule has 88 valence electrons. The van der Waals surface area contributed by atoms with Crippen LogP contribution in [0.25, 0.3) is 0 Å². The van der Waals surface area contributed by atoms with E-state index in [4.69, 9.17) is 4.74 Å². The molecular weight excluding hydrogens is 204 g/mol. The van der Waals surface area contributed by atoms with E-state index in [1.807, 2.05) is 7.05 Å². The van der Waals surface area contributed by atoms with Gasteiger partial charge in [0.15, 0.2) is 0 Å². The first-order valence-corrected chi connectivity index (χ1v) is 6.07. The summed E-state index contributed by atoms with van der Waals surface area (Å²) < 4.78 is 7.83. The Balaban J connectivity index is 1.91. The van der Waals surface area contributed by atoms with E-state index in [2.05, 4.69) is 20.1 Å². The van der Waals surface area contributed by atoms with Crippen molar-refractivity contribution in [1.82, 2.24) is 20.1 Å². The summed E-state index contributed by atoms with van der Waals surface area (Å²) in [6.45, 7) is 2.62. The monoisotopic (exact) mass is 222 g/mol. The minimum atomic E-state index is 0.365. The van der Waals surface area contributed by atoms with Gasteiger partial charge in [0.05, 0.1) is 19.1 Å². The first kappa shape index (κ1) is 10.2. The quantitative estimate of drug-likeness (QED) is 0.783. The van der Waals surface area contributed by atoms with Crippen molar-refractivity contribution >= 4 is 0 Å². The lowest BCUT2D eigenvalue weighted by Crippen LogP contribution is -2.33. The van der Waals surface area contributed by atoms with Crippen LogP contribution in [0.1, 0.15) is 30.4 Å². The number of ether oxygens (including phenoxy) is 1. The highest BCUT2D eigenvalue weighted by atomic mass is 16.5. The molecule has 1 saturated heterocycles. The molecule has 16 heavy (non-hydrogen) atoms. The van der Waals surface area contributed by atoms with Gasteiger partial charge in [-0.05, 0) is 19.9 Å². The van der Waals surface area contributed by atoms with Gasteiger partial charge in [-0.15, -0.1) is 10.2 Å². The fourth-order valence-electron chi connectivity index (χ4n) is 2.70. The largest absolute Gasteiger partial charge is 0.379 e. The van der Waals surface area contributed by atoms with Crippen molar-refractivity contribution in [3.05, 3.63) is 11.6 Å². The lowest BCUT2D eigenvalue weighted by Gasteiger charge is -2.20. The van der Waals surface area contributed by atoms with Gasteiger partial charge in [0.2, 0.25) is 0 Å². The normalized spacial score (nSPS) is 29.3. The SMILES string of the molecule is CNC1COCC1c1nnc2n1CCCC2. The van der Waals surface area contributed by atoms with Crippen molar-refractivity contribution < 1.29 is 4.74 Å². The van der Waals surface area contributed by atoms with Crippen molar-refractivity contribution in [1.29, 1.82) is 0 Å². The number of fused-ring (bicyclic) bond motifs is 1. The van der Waals surface area contributed by atoms with E-state index in [0.717, 1.165) is 37.8 Å². The molecule has 3 rings (SSSR count). The third-order valence-corrected chi connectivity index (χ3v) is 3.67. The summed E-state index contributed by atoms with van der Waals surface area (Å²) in [5.74, 6) is 2.64. The Kier molecular flexibility index (Phi) is 2.65. The van der Waals surface area contributed by atoms with Crippen LogP contribution in [0.15, 0.2) is 0 Å². The number of rotatable bonds is 2. The zero-order chi connectivity index (χ0) is 11.0. The smallest absolute Gasteiger partial charge is 0.140 e. The van der Waals surface area contributed by atoms with E-state index in [9.17, 15) is 0 Å². The first-order chi connectivity index (χ1) is 7.90. The minimum Gasteiger partial charge on any atom is -0.379 e. The summed E-state index contributed by atoms with van der Waals surface area (Å²) in [4.78, 5) is 0. The molecule has 0 spiro atoms. The second kappa shape index (κ2) is 4.14. The minimum absolute atomic E-state index is 0.365. The van der Waals surface area contributed by atoms with Gasteiger partial charge in [0.25, 0.3) is 0 Å². The van der Waals surface area contributed by atoms with Crippen LogP contribution in [-0.4, -0.2) is 41.1 Å². The van der Waals surface area contributed by atoms with Crippen LogP contribution in [0.4, 0.5) is 0 Å². The summed E-state index contributed by atoms with van der Waals surface area (Å²) in [6, 6.07) is 0.384. The lowest BCUT2D eigenvalue weighted by atomic mass is 10.0. The summed E-state index contributed by atoms with van der Waals surface area (Å²) in [5.41, 5.74) is 0. The molecule has 2 unspecified atom stereocenters. The Morgan fingerprint density at radius 2 is 2.25 bits per heavy atom. The Bertz CT molecular complexity index is 376. The molecule has 3 heterocycles. The van der Waals surface area contributed by atoms with E-state index in [-0.39, 0.29) is 0 Å². The molecule has 0 bridgehead atoms. The van der Waals surface area contributed by atoms with Gasteiger partial charge in [-0.1, -0.05) is 0 Å². The zero-order valence-corrected chi connectivity index (χ0v) is 9.65. The van der Waals surface area contributed by atoms with E-state index in [1.165, 1.54) is 12.8 Å². The molecule has 0 saturated carbocycles. The van der Waals surface area contributed by atoms with E-state index >= 15 is 0 Å². The molecule has 2 aliphatic rings. The Morgan fingerprint density at radius 3 is 3.12 bits per heavy atom. The van der Waals surface area contributed by atoms with Crippen LogP contribution >= 0.6 is 0 Å². The number of likely N-dealkylation sites (N-methyl/N-ethyl adjacent to an activating group) is 1. The van der Waals surface area contributed by atoms with Crippen molar-refractivity contribution in [3.8, 4) is 0 Å². The van der Waals surface area contributed by atoms with E-state index in [0.29, 0.717) is 12.0 Å². The number of nitrogens with one attached hydrogen (secondary N) is 1. The van der Waals surface area contributed by atoms with Gasteiger partial charge < -0.3 is 14.6 Å². The number of nitrogens with zero attached hydrogens (tertiary/aromatic N) is 3. The van der Waals surface area contributed by atoms with Crippen LogP contribution in [0.3, 0.4) is 0 Å². The molecular formula is C11H18N4O. The Labute approximate surface area is 95.2 Å². The first-order valence-electron chi connectivity index (χ1n) is 6.07. The number of hydrogen-bond donors (Lipinski definition) is 1. The zero-order valence-electron chi connectivity index (χ0n) is 9.65. The van der Waals surface area contributed by atoms with Crippen LogP contribution in [0, 0.1) is 0 Å². The lowest BCUT2D eigenvalue weighted by molar-refractivity contribution is 0.187. The third-order valence-electron chi connectivity index (χ3n) is 3.67. The van der Waals surface area contributed by atoms with Gasteiger partial charge in [-0.2, -0.15) is 0 Å². The molecule has 0 aliphatic carbocycles. The molecule has 2 aliphatic heterocycles. The third kappa shape index (κ3) is 1.55. The standard InChI is InChI=1S/C11H18N4O/c1-12-9-7-16-6-8(9)11-14-13-10-4-2-3-5-15(10)11/h8-9,12H,2-7H2,1H3.